The van der Waals surface area contributed by atoms with Crippen LogP contribution in [-0.4, -0.2) is 16.1 Å². The van der Waals surface area contributed by atoms with Crippen molar-refractivity contribution in [3.8, 4) is 16.3 Å². The Morgan fingerprint density at radius 1 is 1.11 bits per heavy atom. The highest BCUT2D eigenvalue weighted by molar-refractivity contribution is 7.15. The minimum atomic E-state index is -0.884. The number of rotatable bonds is 7. The van der Waals surface area contributed by atoms with Crippen molar-refractivity contribution in [3.63, 3.8) is 0 Å². The fourth-order valence-corrected chi connectivity index (χ4v) is 3.58. The molecule has 5 heteroatoms. The maximum atomic E-state index is 10.8. The Labute approximate surface area is 162 Å². The summed E-state index contributed by atoms with van der Waals surface area (Å²) in [7, 11) is 0. The Morgan fingerprint density at radius 3 is 2.41 bits per heavy atom. The minimum absolute atomic E-state index is 0.0674. The maximum Gasteiger partial charge on any atom is 0.307 e. The quantitative estimate of drug-likeness (QED) is 0.589. The lowest BCUT2D eigenvalue weighted by Crippen LogP contribution is -1.97. The summed E-state index contributed by atoms with van der Waals surface area (Å²) in [5, 5.41) is 9.84. The van der Waals surface area contributed by atoms with Gasteiger partial charge in [-0.05, 0) is 37.1 Å². The van der Waals surface area contributed by atoms with Crippen molar-refractivity contribution in [1.82, 2.24) is 4.98 Å². The molecule has 0 aliphatic carbocycles. The number of thiazole rings is 1. The van der Waals surface area contributed by atoms with Crippen LogP contribution >= 0.6 is 11.3 Å². The average molecular weight is 379 g/mol. The normalized spacial score (nSPS) is 10.6. The number of hydrogen-bond acceptors (Lipinski definition) is 4. The van der Waals surface area contributed by atoms with E-state index in [0.29, 0.717) is 12.2 Å². The van der Waals surface area contributed by atoms with Crippen molar-refractivity contribution in [3.05, 3.63) is 76.8 Å². The molecule has 27 heavy (non-hydrogen) atoms. The number of carboxylic acids is 1. The number of nitrogens with zero attached hydrogens (tertiary/aromatic N) is 1. The second-order valence-corrected chi connectivity index (χ2v) is 7.46. The van der Waals surface area contributed by atoms with Crippen molar-refractivity contribution in [2.24, 2.45) is 0 Å². The van der Waals surface area contributed by atoms with Gasteiger partial charge in [0, 0.05) is 5.56 Å². The lowest BCUT2D eigenvalue weighted by molar-refractivity contribution is -0.135. The predicted molar refractivity (Wildman–Crippen MR) is 109 cm³/mol. The van der Waals surface area contributed by atoms with Crippen LogP contribution in [0, 0.1) is 13.8 Å². The Balaban J connectivity index is 1.65. The van der Waals surface area contributed by atoms with E-state index in [-0.39, 0.29) is 6.42 Å². The first-order valence-electron chi connectivity index (χ1n) is 8.58. The maximum absolute atomic E-state index is 10.8. The summed E-state index contributed by atoms with van der Waals surface area (Å²) in [6.07, 6.45) is -0.0674. The van der Waals surface area contributed by atoms with Crippen molar-refractivity contribution in [2.75, 3.05) is 0 Å². The van der Waals surface area contributed by atoms with E-state index in [1.165, 1.54) is 5.56 Å². The molecule has 0 fully saturated rings. The zero-order chi connectivity index (χ0) is 19.4. The van der Waals surface area contributed by atoms with Crippen LogP contribution in [0.5, 0.6) is 5.75 Å². The van der Waals surface area contributed by atoms with Crippen molar-refractivity contribution in [2.45, 2.75) is 26.9 Å². The van der Waals surface area contributed by atoms with E-state index in [0.717, 1.165) is 32.5 Å². The van der Waals surface area contributed by atoms with Gasteiger partial charge in [-0.15, -0.1) is 11.3 Å². The van der Waals surface area contributed by atoms with Gasteiger partial charge in [0.05, 0.1) is 17.0 Å². The van der Waals surface area contributed by atoms with Crippen LogP contribution in [-0.2, 0) is 11.4 Å². The smallest absolute Gasteiger partial charge is 0.307 e. The van der Waals surface area contributed by atoms with Crippen LogP contribution in [0.25, 0.3) is 16.1 Å². The third kappa shape index (κ3) is 4.83. The van der Waals surface area contributed by atoms with E-state index in [2.05, 4.69) is 42.8 Å². The Bertz CT molecular complexity index is 956. The molecule has 4 nitrogen and oxygen atoms in total. The Kier molecular flexibility index (Phi) is 5.72. The first kappa shape index (κ1) is 18.9. The standard InChI is InChI=1S/C22H21NO3S/c1-14-4-6-18(7-5-14)22-23-16(3)20(27-22)13-26-19-10-8-17(9-11-19)15(2)12-21(24)25/h4-11H,2,12-13H2,1,3H3,(H,24,25). The zero-order valence-electron chi connectivity index (χ0n) is 15.4. The number of carbonyl (C=O) groups is 1. The van der Waals surface area contributed by atoms with Crippen LogP contribution in [0.15, 0.2) is 55.1 Å². The predicted octanol–water partition coefficient (Wildman–Crippen LogP) is 5.49. The highest BCUT2D eigenvalue weighted by Gasteiger charge is 2.10. The molecule has 0 aliphatic heterocycles. The molecule has 3 rings (SSSR count). The van der Waals surface area contributed by atoms with Crippen molar-refractivity contribution >= 4 is 22.9 Å². The van der Waals surface area contributed by atoms with Gasteiger partial charge in [0.2, 0.25) is 0 Å². The van der Waals surface area contributed by atoms with E-state index in [4.69, 9.17) is 9.84 Å². The molecule has 2 aromatic carbocycles. The van der Waals surface area contributed by atoms with Gasteiger partial charge in [0.15, 0.2) is 0 Å². The van der Waals surface area contributed by atoms with Crippen LogP contribution in [0.3, 0.4) is 0 Å². The van der Waals surface area contributed by atoms with Crippen molar-refractivity contribution in [1.29, 1.82) is 0 Å². The van der Waals surface area contributed by atoms with Crippen molar-refractivity contribution < 1.29 is 14.6 Å². The van der Waals surface area contributed by atoms with Gasteiger partial charge < -0.3 is 9.84 Å². The molecule has 1 aromatic heterocycles. The van der Waals surface area contributed by atoms with E-state index < -0.39 is 5.97 Å². The van der Waals surface area contributed by atoms with Gasteiger partial charge in [0.25, 0.3) is 0 Å². The SMILES string of the molecule is C=C(CC(=O)O)c1ccc(OCc2sc(-c3ccc(C)cc3)nc2C)cc1. The Morgan fingerprint density at radius 2 is 1.78 bits per heavy atom. The molecule has 1 N–H and O–H groups in total. The number of ether oxygens (including phenoxy) is 1. The molecule has 0 unspecified atom stereocenters. The van der Waals surface area contributed by atoms with Gasteiger partial charge in [-0.2, -0.15) is 0 Å². The lowest BCUT2D eigenvalue weighted by atomic mass is 10.0. The molecule has 0 bridgehead atoms. The third-order valence-electron chi connectivity index (χ3n) is 4.19. The monoisotopic (exact) mass is 379 g/mol. The minimum Gasteiger partial charge on any atom is -0.488 e. The summed E-state index contributed by atoms with van der Waals surface area (Å²) in [5.74, 6) is -0.156. The first-order valence-corrected chi connectivity index (χ1v) is 9.40. The fraction of sp³-hybridized carbons (Fsp3) is 0.182. The average Bonchev–Trinajstić information content (AvgIpc) is 3.01. The summed E-state index contributed by atoms with van der Waals surface area (Å²) >= 11 is 1.64. The second-order valence-electron chi connectivity index (χ2n) is 6.38. The molecule has 0 atom stereocenters. The molecule has 0 saturated carbocycles. The van der Waals surface area contributed by atoms with Crippen LogP contribution in [0.1, 0.15) is 28.1 Å². The lowest BCUT2D eigenvalue weighted by Gasteiger charge is -2.07. The molecule has 138 valence electrons. The van der Waals surface area contributed by atoms with Gasteiger partial charge in [-0.1, -0.05) is 48.5 Å². The molecule has 1 heterocycles. The van der Waals surface area contributed by atoms with Crippen LogP contribution < -0.4 is 4.74 Å². The van der Waals surface area contributed by atoms with Crippen LogP contribution in [0.2, 0.25) is 0 Å². The number of benzene rings is 2. The molecule has 3 aromatic rings. The molecular formula is C22H21NO3S. The fourth-order valence-electron chi connectivity index (χ4n) is 2.60. The number of aliphatic carboxylic acids is 1. The van der Waals surface area contributed by atoms with E-state index >= 15 is 0 Å². The topological polar surface area (TPSA) is 59.4 Å². The number of aryl methyl sites for hydroxylation is 2. The van der Waals surface area contributed by atoms with Gasteiger partial charge >= 0.3 is 5.97 Å². The number of aromatic nitrogens is 1. The van der Waals surface area contributed by atoms with E-state index in [1.807, 2.05) is 31.2 Å². The summed E-state index contributed by atoms with van der Waals surface area (Å²) in [6, 6.07) is 15.7. The third-order valence-corrected chi connectivity index (χ3v) is 5.37. The first-order chi connectivity index (χ1) is 12.9. The van der Waals surface area contributed by atoms with Crippen LogP contribution in [0.4, 0.5) is 0 Å². The summed E-state index contributed by atoms with van der Waals surface area (Å²) in [5.41, 5.74) is 4.70. The summed E-state index contributed by atoms with van der Waals surface area (Å²) < 4.78 is 5.88. The largest absolute Gasteiger partial charge is 0.488 e. The second kappa shape index (κ2) is 8.18. The molecule has 0 radical (unpaired) electrons. The summed E-state index contributed by atoms with van der Waals surface area (Å²) in [4.78, 5) is 16.5. The summed E-state index contributed by atoms with van der Waals surface area (Å²) in [6.45, 7) is 8.32. The highest BCUT2D eigenvalue weighted by atomic mass is 32.1. The highest BCUT2D eigenvalue weighted by Crippen LogP contribution is 2.29. The van der Waals surface area contributed by atoms with Gasteiger partial charge in [-0.25, -0.2) is 4.98 Å². The number of carboxylic acid groups (broad SMARTS) is 1. The zero-order valence-corrected chi connectivity index (χ0v) is 16.2. The molecular weight excluding hydrogens is 358 g/mol. The molecule has 0 aliphatic rings. The number of hydrogen-bond donors (Lipinski definition) is 1. The van der Waals surface area contributed by atoms with E-state index in [1.54, 1.807) is 11.3 Å². The van der Waals surface area contributed by atoms with Gasteiger partial charge in [-0.3, -0.25) is 4.79 Å². The molecule has 0 spiro atoms. The van der Waals surface area contributed by atoms with E-state index in [9.17, 15) is 4.79 Å². The molecule has 0 amide bonds. The Hall–Kier alpha value is -2.92. The molecule has 0 saturated heterocycles. The van der Waals surface area contributed by atoms with Gasteiger partial charge in [0.1, 0.15) is 17.4 Å².